The van der Waals surface area contributed by atoms with E-state index in [0.29, 0.717) is 17.9 Å². The summed E-state index contributed by atoms with van der Waals surface area (Å²) in [6.45, 7) is 4.19. The topological polar surface area (TPSA) is 35.5 Å². The zero-order valence-electron chi connectivity index (χ0n) is 18.2. The zero-order chi connectivity index (χ0) is 22.1. The smallest absolute Gasteiger partial charge is 0.338 e. The second-order valence-corrected chi connectivity index (χ2v) is 7.96. The van der Waals surface area contributed by atoms with E-state index in [2.05, 4.69) is 19.1 Å². The van der Waals surface area contributed by atoms with Gasteiger partial charge < -0.3 is 9.47 Å². The normalized spacial score (nSPS) is 14.2. The summed E-state index contributed by atoms with van der Waals surface area (Å²) >= 11 is 0. The van der Waals surface area contributed by atoms with Gasteiger partial charge in [-0.15, -0.1) is 0 Å². The van der Waals surface area contributed by atoms with Crippen LogP contribution in [-0.2, 0) is 15.1 Å². The van der Waals surface area contributed by atoms with E-state index in [4.69, 9.17) is 9.47 Å². The summed E-state index contributed by atoms with van der Waals surface area (Å²) in [6.07, 6.45) is 1.92. The van der Waals surface area contributed by atoms with Crippen molar-refractivity contribution in [3.05, 3.63) is 119 Å². The van der Waals surface area contributed by atoms with Gasteiger partial charge in [0, 0.05) is 22.1 Å². The first kappa shape index (κ1) is 20.1. The Kier molecular flexibility index (Phi) is 5.02. The monoisotopic (exact) mass is 420 g/mol. The molecule has 0 amide bonds. The molecule has 5 rings (SSSR count). The molecule has 3 nitrogen and oxygen atoms in total. The van der Waals surface area contributed by atoms with E-state index in [1.54, 1.807) is 0 Å². The van der Waals surface area contributed by atoms with Crippen LogP contribution in [0.25, 0.3) is 16.3 Å². The predicted molar refractivity (Wildman–Crippen MR) is 128 cm³/mol. The van der Waals surface area contributed by atoms with Gasteiger partial charge in [0.2, 0.25) is 0 Å². The number of hydrogen-bond donors (Lipinski definition) is 0. The molecule has 0 saturated carbocycles. The second kappa shape index (κ2) is 8.01. The first-order chi connectivity index (χ1) is 15.6. The number of esters is 1. The highest BCUT2D eigenvalue weighted by molar-refractivity contribution is 6.19. The number of rotatable bonds is 4. The van der Waals surface area contributed by atoms with E-state index in [-0.39, 0.29) is 5.97 Å². The predicted octanol–water partition coefficient (Wildman–Crippen LogP) is 6.43. The van der Waals surface area contributed by atoms with Crippen LogP contribution in [0.2, 0.25) is 0 Å². The third kappa shape index (κ3) is 3.18. The van der Waals surface area contributed by atoms with Crippen LogP contribution in [0, 0.1) is 6.92 Å². The Morgan fingerprint density at radius 3 is 2.00 bits per heavy atom. The van der Waals surface area contributed by atoms with Crippen molar-refractivity contribution in [3.8, 4) is 5.75 Å². The molecule has 0 atom stereocenters. The third-order valence-corrected chi connectivity index (χ3v) is 6.00. The van der Waals surface area contributed by atoms with Crippen LogP contribution in [0.15, 0.2) is 97.1 Å². The average Bonchev–Trinajstić information content (AvgIpc) is 2.85. The van der Waals surface area contributed by atoms with Crippen molar-refractivity contribution in [2.75, 3.05) is 6.61 Å². The summed E-state index contributed by atoms with van der Waals surface area (Å²) in [7, 11) is 0. The molecule has 0 saturated heterocycles. The lowest BCUT2D eigenvalue weighted by molar-refractivity contribution is -0.136. The minimum Gasteiger partial charge on any atom is -0.472 e. The number of aryl methyl sites for hydroxylation is 1. The van der Waals surface area contributed by atoms with Crippen LogP contribution in [-0.4, -0.2) is 12.6 Å². The van der Waals surface area contributed by atoms with Crippen molar-refractivity contribution in [2.45, 2.75) is 19.4 Å². The van der Waals surface area contributed by atoms with Crippen LogP contribution in [0.3, 0.4) is 0 Å². The number of carbonyl (C=O) groups is 1. The van der Waals surface area contributed by atoms with Crippen molar-refractivity contribution in [1.29, 1.82) is 0 Å². The number of hydrogen-bond acceptors (Lipinski definition) is 3. The van der Waals surface area contributed by atoms with E-state index in [1.807, 2.05) is 91.9 Å². The maximum atomic E-state index is 13.2. The molecule has 158 valence electrons. The Morgan fingerprint density at radius 1 is 0.844 bits per heavy atom. The molecule has 0 N–H and O–H groups in total. The van der Waals surface area contributed by atoms with Gasteiger partial charge in [0.15, 0.2) is 5.60 Å². The highest BCUT2D eigenvalue weighted by Gasteiger charge is 2.41. The van der Waals surface area contributed by atoms with Gasteiger partial charge in [-0.1, -0.05) is 84.9 Å². The van der Waals surface area contributed by atoms with Crippen LogP contribution in [0.4, 0.5) is 0 Å². The van der Waals surface area contributed by atoms with E-state index in [0.717, 1.165) is 33.0 Å². The summed E-state index contributed by atoms with van der Waals surface area (Å²) in [4.78, 5) is 13.2. The first-order valence-electron chi connectivity index (χ1n) is 10.9. The summed E-state index contributed by atoms with van der Waals surface area (Å²) in [5.41, 5.74) is 3.31. The van der Waals surface area contributed by atoms with E-state index < -0.39 is 5.60 Å². The first-order valence-corrected chi connectivity index (χ1v) is 10.9. The van der Waals surface area contributed by atoms with E-state index >= 15 is 0 Å². The molecule has 0 unspecified atom stereocenters. The third-order valence-electron chi connectivity index (χ3n) is 6.00. The minimum absolute atomic E-state index is 0.308. The Balaban J connectivity index is 1.88. The van der Waals surface area contributed by atoms with Crippen LogP contribution in [0.1, 0.15) is 29.2 Å². The van der Waals surface area contributed by atoms with Crippen molar-refractivity contribution < 1.29 is 14.3 Å². The standard InChI is InChI=1S/C29H24O3/c1-3-31-28(30)26-19-29(21-12-6-4-7-13-21,22-14-8-5-9-15-22)32-27-24-17-11-10-16-23(24)20(2)18-25(26)27/h4-19H,3H2,1-2H3. The summed E-state index contributed by atoms with van der Waals surface area (Å²) < 4.78 is 12.4. The molecule has 0 fully saturated rings. The Morgan fingerprint density at radius 2 is 1.41 bits per heavy atom. The van der Waals surface area contributed by atoms with Gasteiger partial charge >= 0.3 is 5.97 Å². The fourth-order valence-electron chi connectivity index (χ4n) is 4.51. The Hall–Kier alpha value is -3.85. The number of benzene rings is 4. The SMILES string of the molecule is CCOC(=O)C1=CC(c2ccccc2)(c2ccccc2)Oc2c1cc(C)c1ccccc21. The van der Waals surface area contributed by atoms with Gasteiger partial charge in [0.05, 0.1) is 12.2 Å². The molecule has 0 spiro atoms. The van der Waals surface area contributed by atoms with Crippen LogP contribution in [0.5, 0.6) is 5.75 Å². The highest BCUT2D eigenvalue weighted by Crippen LogP contribution is 2.48. The second-order valence-electron chi connectivity index (χ2n) is 7.96. The maximum absolute atomic E-state index is 13.2. The lowest BCUT2D eigenvalue weighted by Gasteiger charge is -2.38. The molecular weight excluding hydrogens is 396 g/mol. The van der Waals surface area contributed by atoms with Crippen LogP contribution < -0.4 is 4.74 Å². The van der Waals surface area contributed by atoms with Gasteiger partial charge in [0.1, 0.15) is 5.75 Å². The molecule has 4 aromatic rings. The quantitative estimate of drug-likeness (QED) is 0.357. The molecule has 0 aromatic heterocycles. The van der Waals surface area contributed by atoms with Gasteiger partial charge in [-0.05, 0) is 36.9 Å². The van der Waals surface area contributed by atoms with Crippen LogP contribution >= 0.6 is 0 Å². The molecule has 0 bridgehead atoms. The minimum atomic E-state index is -0.963. The Bertz CT molecular complexity index is 1280. The highest BCUT2D eigenvalue weighted by atomic mass is 16.5. The molecule has 0 aliphatic carbocycles. The van der Waals surface area contributed by atoms with Gasteiger partial charge in [-0.3, -0.25) is 0 Å². The molecule has 1 aliphatic rings. The fourth-order valence-corrected chi connectivity index (χ4v) is 4.51. The number of fused-ring (bicyclic) bond motifs is 3. The molecular formula is C29H24O3. The van der Waals surface area contributed by atoms with E-state index in [9.17, 15) is 4.79 Å². The average molecular weight is 421 g/mol. The maximum Gasteiger partial charge on any atom is 0.338 e. The van der Waals surface area contributed by atoms with Gasteiger partial charge in [0.25, 0.3) is 0 Å². The summed E-state index contributed by atoms with van der Waals surface area (Å²) in [5, 5.41) is 2.08. The van der Waals surface area contributed by atoms with Crippen molar-refractivity contribution >= 4 is 22.3 Å². The van der Waals surface area contributed by atoms with Crippen molar-refractivity contribution in [2.24, 2.45) is 0 Å². The zero-order valence-corrected chi connectivity index (χ0v) is 18.2. The fraction of sp³-hybridized carbons (Fsp3) is 0.138. The summed E-state index contributed by atoms with van der Waals surface area (Å²) in [6, 6.07) is 30.3. The van der Waals surface area contributed by atoms with E-state index in [1.165, 1.54) is 0 Å². The molecule has 4 aromatic carbocycles. The molecule has 3 heteroatoms. The Labute approximate surface area is 187 Å². The molecule has 1 heterocycles. The lowest BCUT2D eigenvalue weighted by atomic mass is 9.80. The number of carbonyl (C=O) groups excluding carboxylic acids is 1. The van der Waals surface area contributed by atoms with Crippen molar-refractivity contribution in [1.82, 2.24) is 0 Å². The van der Waals surface area contributed by atoms with Gasteiger partial charge in [-0.25, -0.2) is 4.79 Å². The lowest BCUT2D eigenvalue weighted by Crippen LogP contribution is -2.36. The van der Waals surface area contributed by atoms with Crippen molar-refractivity contribution in [3.63, 3.8) is 0 Å². The summed E-state index contributed by atoms with van der Waals surface area (Å²) in [5.74, 6) is 0.354. The largest absolute Gasteiger partial charge is 0.472 e. The molecule has 32 heavy (non-hydrogen) atoms. The molecule has 1 aliphatic heterocycles. The van der Waals surface area contributed by atoms with Gasteiger partial charge in [-0.2, -0.15) is 0 Å². The molecule has 0 radical (unpaired) electrons. The number of ether oxygens (including phenoxy) is 2.